The van der Waals surface area contributed by atoms with E-state index >= 15 is 0 Å². The van der Waals surface area contributed by atoms with Gasteiger partial charge in [0, 0.05) is 23.9 Å². The van der Waals surface area contributed by atoms with Gasteiger partial charge in [-0.2, -0.15) is 0 Å². The van der Waals surface area contributed by atoms with Gasteiger partial charge >= 0.3 is 0 Å². The Bertz CT molecular complexity index is 631. The molecule has 0 unspecified atom stereocenters. The predicted molar refractivity (Wildman–Crippen MR) is 78.4 cm³/mol. The largest absolute Gasteiger partial charge is 0.364 e. The normalized spacial score (nSPS) is 11.9. The zero-order valence-electron chi connectivity index (χ0n) is 11.2. The van der Waals surface area contributed by atoms with E-state index in [0.29, 0.717) is 0 Å². The van der Waals surface area contributed by atoms with Crippen molar-refractivity contribution in [3.8, 4) is 0 Å². The Morgan fingerprint density at radius 1 is 1.16 bits per heavy atom. The van der Waals surface area contributed by atoms with Gasteiger partial charge in [-0.1, -0.05) is 26.0 Å². The molecule has 0 atom stereocenters. The van der Waals surface area contributed by atoms with Gasteiger partial charge in [-0.25, -0.2) is 4.98 Å². The van der Waals surface area contributed by atoms with Crippen LogP contribution in [0.25, 0.3) is 11.0 Å². The number of rotatable bonds is 4. The van der Waals surface area contributed by atoms with Gasteiger partial charge in [0.05, 0.1) is 11.0 Å². The fourth-order valence-electron chi connectivity index (χ4n) is 2.19. The number of nitrogens with one attached hydrogen (secondary N) is 3. The smallest absolute Gasteiger partial charge is 0.201 e. The molecule has 3 N–H and O–H groups in total. The number of hydrogen-bond donors (Lipinski definition) is 3. The van der Waals surface area contributed by atoms with Crippen molar-refractivity contribution < 1.29 is 0 Å². The monoisotopic (exact) mass is 254 g/mol. The topological polar surface area (TPSA) is 56.5 Å². The third-order valence-corrected chi connectivity index (χ3v) is 3.41. The van der Waals surface area contributed by atoms with Crippen molar-refractivity contribution in [2.75, 3.05) is 11.9 Å². The summed E-state index contributed by atoms with van der Waals surface area (Å²) in [4.78, 5) is 11.1. The number of aromatic amines is 2. The van der Waals surface area contributed by atoms with E-state index in [-0.39, 0.29) is 5.41 Å². The lowest BCUT2D eigenvalue weighted by Gasteiger charge is -2.23. The van der Waals surface area contributed by atoms with E-state index in [0.717, 1.165) is 23.5 Å². The number of benzene rings is 1. The molecule has 98 valence electrons. The van der Waals surface area contributed by atoms with E-state index in [4.69, 9.17) is 0 Å². The van der Waals surface area contributed by atoms with Crippen molar-refractivity contribution in [3.05, 3.63) is 48.3 Å². The molecular weight excluding hydrogens is 236 g/mol. The third-order valence-electron chi connectivity index (χ3n) is 3.41. The minimum Gasteiger partial charge on any atom is -0.364 e. The van der Waals surface area contributed by atoms with Gasteiger partial charge in [-0.3, -0.25) is 0 Å². The summed E-state index contributed by atoms with van der Waals surface area (Å²) in [6.07, 6.45) is 1.96. The zero-order valence-corrected chi connectivity index (χ0v) is 11.2. The highest BCUT2D eigenvalue weighted by Crippen LogP contribution is 2.22. The lowest BCUT2D eigenvalue weighted by Crippen LogP contribution is -2.28. The molecule has 4 nitrogen and oxygen atoms in total. The van der Waals surface area contributed by atoms with Crippen molar-refractivity contribution >= 4 is 17.0 Å². The lowest BCUT2D eigenvalue weighted by atomic mass is 9.89. The number of H-pyrrole nitrogens is 2. The summed E-state index contributed by atoms with van der Waals surface area (Å²) in [5, 5.41) is 3.38. The molecule has 3 rings (SSSR count). The molecule has 19 heavy (non-hydrogen) atoms. The van der Waals surface area contributed by atoms with E-state index in [1.54, 1.807) is 0 Å². The molecule has 0 saturated heterocycles. The first kappa shape index (κ1) is 11.8. The Morgan fingerprint density at radius 2 is 2.00 bits per heavy atom. The van der Waals surface area contributed by atoms with E-state index in [1.807, 2.05) is 36.5 Å². The van der Waals surface area contributed by atoms with Crippen LogP contribution in [0, 0.1) is 0 Å². The van der Waals surface area contributed by atoms with Crippen LogP contribution in [-0.2, 0) is 5.41 Å². The molecular formula is C15H18N4. The summed E-state index contributed by atoms with van der Waals surface area (Å²) in [6.45, 7) is 5.22. The highest BCUT2D eigenvalue weighted by molar-refractivity contribution is 5.77. The van der Waals surface area contributed by atoms with Gasteiger partial charge < -0.3 is 15.3 Å². The van der Waals surface area contributed by atoms with Crippen molar-refractivity contribution in [1.82, 2.24) is 15.0 Å². The summed E-state index contributed by atoms with van der Waals surface area (Å²) in [6, 6.07) is 12.2. The Balaban J connectivity index is 1.75. The summed E-state index contributed by atoms with van der Waals surface area (Å²) in [5.74, 6) is 0.820. The van der Waals surface area contributed by atoms with Crippen LogP contribution in [0.2, 0.25) is 0 Å². The Kier molecular flexibility index (Phi) is 2.78. The molecule has 0 amide bonds. The van der Waals surface area contributed by atoms with Crippen molar-refractivity contribution in [2.24, 2.45) is 0 Å². The molecule has 0 fully saturated rings. The molecule has 1 aromatic carbocycles. The van der Waals surface area contributed by atoms with Gasteiger partial charge in [0.2, 0.25) is 5.95 Å². The summed E-state index contributed by atoms with van der Waals surface area (Å²) in [7, 11) is 0. The second-order valence-electron chi connectivity index (χ2n) is 5.42. The molecule has 0 radical (unpaired) electrons. The maximum atomic E-state index is 4.52. The second kappa shape index (κ2) is 4.46. The molecule has 4 heteroatoms. The lowest BCUT2D eigenvalue weighted by molar-refractivity contribution is 0.540. The summed E-state index contributed by atoms with van der Waals surface area (Å²) >= 11 is 0. The van der Waals surface area contributed by atoms with Gasteiger partial charge in [-0.15, -0.1) is 0 Å². The zero-order chi connectivity index (χ0) is 13.3. The fourth-order valence-corrected chi connectivity index (χ4v) is 2.19. The first-order valence-corrected chi connectivity index (χ1v) is 6.48. The van der Waals surface area contributed by atoms with E-state index in [1.165, 1.54) is 5.69 Å². The number of fused-ring (bicyclic) bond motifs is 1. The molecule has 0 bridgehead atoms. The molecule has 2 heterocycles. The molecule has 0 saturated carbocycles. The molecule has 0 aliphatic heterocycles. The highest BCUT2D eigenvalue weighted by Gasteiger charge is 2.21. The number of hydrogen-bond acceptors (Lipinski definition) is 2. The van der Waals surface area contributed by atoms with Crippen LogP contribution in [0.3, 0.4) is 0 Å². The van der Waals surface area contributed by atoms with Crippen molar-refractivity contribution in [1.29, 1.82) is 0 Å². The van der Waals surface area contributed by atoms with Crippen LogP contribution in [0.5, 0.6) is 0 Å². The Morgan fingerprint density at radius 3 is 2.74 bits per heavy atom. The van der Waals surface area contributed by atoms with E-state index in [9.17, 15) is 0 Å². The number of imidazole rings is 1. The molecule has 3 aromatic rings. The quantitative estimate of drug-likeness (QED) is 0.669. The van der Waals surface area contributed by atoms with E-state index in [2.05, 4.69) is 40.2 Å². The molecule has 2 aromatic heterocycles. The van der Waals surface area contributed by atoms with Crippen molar-refractivity contribution in [3.63, 3.8) is 0 Å². The van der Waals surface area contributed by atoms with Gasteiger partial charge in [0.25, 0.3) is 0 Å². The summed E-state index contributed by atoms with van der Waals surface area (Å²) < 4.78 is 0. The van der Waals surface area contributed by atoms with Crippen LogP contribution in [0.15, 0.2) is 42.6 Å². The molecule has 0 aliphatic rings. The number of para-hydroxylation sites is 2. The molecule has 0 spiro atoms. The van der Waals surface area contributed by atoms with Crippen LogP contribution in [0.4, 0.5) is 5.95 Å². The SMILES string of the molecule is CC(C)(CNc1nc2ccccc2[nH]1)c1ccc[nH]1. The highest BCUT2D eigenvalue weighted by atomic mass is 15.1. The van der Waals surface area contributed by atoms with Crippen LogP contribution in [-0.4, -0.2) is 21.5 Å². The number of nitrogens with zero attached hydrogens (tertiary/aromatic N) is 1. The first-order chi connectivity index (χ1) is 9.15. The van der Waals surface area contributed by atoms with Crippen LogP contribution < -0.4 is 5.32 Å². The summed E-state index contributed by atoms with van der Waals surface area (Å²) in [5.41, 5.74) is 3.30. The first-order valence-electron chi connectivity index (χ1n) is 6.48. The average Bonchev–Trinajstić information content (AvgIpc) is 3.05. The fraction of sp³-hybridized carbons (Fsp3) is 0.267. The molecule has 0 aliphatic carbocycles. The maximum absolute atomic E-state index is 4.52. The average molecular weight is 254 g/mol. The van der Waals surface area contributed by atoms with E-state index < -0.39 is 0 Å². The van der Waals surface area contributed by atoms with Crippen LogP contribution in [0.1, 0.15) is 19.5 Å². The van der Waals surface area contributed by atoms with Gasteiger partial charge in [0.15, 0.2) is 0 Å². The van der Waals surface area contributed by atoms with Crippen molar-refractivity contribution in [2.45, 2.75) is 19.3 Å². The maximum Gasteiger partial charge on any atom is 0.201 e. The Labute approximate surface area is 112 Å². The number of anilines is 1. The predicted octanol–water partition coefficient (Wildman–Crippen LogP) is 3.28. The van der Waals surface area contributed by atoms with Gasteiger partial charge in [-0.05, 0) is 24.3 Å². The third kappa shape index (κ3) is 2.34. The second-order valence-corrected chi connectivity index (χ2v) is 5.42. The minimum atomic E-state index is 0.0302. The minimum absolute atomic E-state index is 0.0302. The van der Waals surface area contributed by atoms with Gasteiger partial charge in [0.1, 0.15) is 0 Å². The number of aromatic nitrogens is 3. The standard InChI is InChI=1S/C15H18N4/c1-15(2,13-8-5-9-16-13)10-17-14-18-11-6-3-4-7-12(11)19-14/h3-9,16H,10H2,1-2H3,(H2,17,18,19). The Hall–Kier alpha value is -2.23. The van der Waals surface area contributed by atoms with Crippen LogP contribution >= 0.6 is 0 Å².